The Bertz CT molecular complexity index is 731. The van der Waals surface area contributed by atoms with Gasteiger partial charge in [0, 0.05) is 25.2 Å². The molecule has 0 amide bonds. The van der Waals surface area contributed by atoms with Gasteiger partial charge in [-0.2, -0.15) is 0 Å². The van der Waals surface area contributed by atoms with Crippen molar-refractivity contribution >= 4 is 25.6 Å². The standard InChI is InChI=1S/C18H22FN3O.C2H6.2CH2O/c1-12(2)16-15(6-5-11-23)17(21-18(20-16)22(3)4)13-7-9-14(19)10-8-13;3*1-2/h5-10,12,23H,11H2,1-4H3;1-2H3;2*1H2/b6-5+;;;. The SMILES string of the molecule is C=O.C=O.CC.CC(C)c1nc(N(C)C)nc(-c2ccc(F)cc2)c1/C=C/CO. The van der Waals surface area contributed by atoms with E-state index in [1.165, 1.54) is 12.1 Å². The van der Waals surface area contributed by atoms with Gasteiger partial charge in [0.05, 0.1) is 18.0 Å². The van der Waals surface area contributed by atoms with Crippen molar-refractivity contribution < 1.29 is 19.1 Å². The third kappa shape index (κ3) is 8.74. The van der Waals surface area contributed by atoms with Crippen LogP contribution in [0.4, 0.5) is 10.3 Å². The average molecular weight is 406 g/mol. The molecule has 0 radical (unpaired) electrons. The van der Waals surface area contributed by atoms with Gasteiger partial charge in [0.1, 0.15) is 19.4 Å². The van der Waals surface area contributed by atoms with Crippen molar-refractivity contribution in [2.24, 2.45) is 0 Å². The highest BCUT2D eigenvalue weighted by atomic mass is 19.1. The van der Waals surface area contributed by atoms with Crippen LogP contribution in [-0.4, -0.2) is 49.4 Å². The third-order valence-corrected chi connectivity index (χ3v) is 3.42. The Morgan fingerprint density at radius 2 is 1.59 bits per heavy atom. The zero-order chi connectivity index (χ0) is 23.0. The van der Waals surface area contributed by atoms with Crippen molar-refractivity contribution in [3.63, 3.8) is 0 Å². The minimum absolute atomic E-state index is 0.0597. The van der Waals surface area contributed by atoms with Gasteiger partial charge in [0.25, 0.3) is 0 Å². The molecule has 1 aromatic heterocycles. The molecule has 0 aliphatic rings. The lowest BCUT2D eigenvalue weighted by atomic mass is 9.98. The summed E-state index contributed by atoms with van der Waals surface area (Å²) < 4.78 is 13.2. The van der Waals surface area contributed by atoms with Gasteiger partial charge >= 0.3 is 0 Å². The molecule has 1 heterocycles. The van der Waals surface area contributed by atoms with Crippen molar-refractivity contribution in [3.05, 3.63) is 47.4 Å². The van der Waals surface area contributed by atoms with Crippen LogP contribution in [-0.2, 0) is 9.59 Å². The van der Waals surface area contributed by atoms with Crippen molar-refractivity contribution in [3.8, 4) is 11.3 Å². The molecule has 7 heteroatoms. The van der Waals surface area contributed by atoms with E-state index in [4.69, 9.17) is 14.7 Å². The lowest BCUT2D eigenvalue weighted by molar-refractivity contribution is -0.0987. The van der Waals surface area contributed by atoms with Gasteiger partial charge in [0.15, 0.2) is 0 Å². The minimum Gasteiger partial charge on any atom is -0.392 e. The van der Waals surface area contributed by atoms with Crippen LogP contribution < -0.4 is 4.90 Å². The molecule has 0 unspecified atom stereocenters. The van der Waals surface area contributed by atoms with Gasteiger partial charge in [-0.15, -0.1) is 0 Å². The smallest absolute Gasteiger partial charge is 0.225 e. The Labute approximate surface area is 173 Å². The number of benzene rings is 1. The number of carbonyl (C=O) groups excluding carboxylic acids is 2. The molecular weight excluding hydrogens is 373 g/mol. The van der Waals surface area contributed by atoms with Crippen LogP contribution in [0.1, 0.15) is 44.9 Å². The number of aliphatic hydroxyl groups excluding tert-OH is 1. The Hall–Kier alpha value is -2.93. The number of aliphatic hydroxyl groups is 1. The normalized spacial score (nSPS) is 9.55. The Morgan fingerprint density at radius 3 is 2.00 bits per heavy atom. The van der Waals surface area contributed by atoms with Crippen molar-refractivity contribution in [2.45, 2.75) is 33.6 Å². The van der Waals surface area contributed by atoms with E-state index in [2.05, 4.69) is 23.8 Å². The van der Waals surface area contributed by atoms with E-state index in [9.17, 15) is 4.39 Å². The second-order valence-electron chi connectivity index (χ2n) is 5.81. The van der Waals surface area contributed by atoms with Crippen LogP contribution in [0.2, 0.25) is 0 Å². The van der Waals surface area contributed by atoms with Gasteiger partial charge in [-0.1, -0.05) is 39.8 Å². The van der Waals surface area contributed by atoms with E-state index in [0.717, 1.165) is 22.5 Å². The summed E-state index contributed by atoms with van der Waals surface area (Å²) in [5.41, 5.74) is 3.30. The number of anilines is 1. The maximum absolute atomic E-state index is 13.2. The van der Waals surface area contributed by atoms with Crippen molar-refractivity contribution in [1.29, 1.82) is 0 Å². The monoisotopic (exact) mass is 405 g/mol. The molecule has 0 atom stereocenters. The van der Waals surface area contributed by atoms with Crippen LogP contribution in [0, 0.1) is 5.82 Å². The number of rotatable bonds is 5. The molecule has 2 aromatic rings. The number of nitrogens with zero attached hydrogens (tertiary/aromatic N) is 3. The highest BCUT2D eigenvalue weighted by Crippen LogP contribution is 2.30. The van der Waals surface area contributed by atoms with E-state index in [1.807, 2.05) is 52.5 Å². The fraction of sp³-hybridized carbons (Fsp3) is 0.364. The minimum atomic E-state index is -0.285. The van der Waals surface area contributed by atoms with E-state index in [1.54, 1.807) is 18.2 Å². The molecule has 1 aromatic carbocycles. The first-order valence-corrected chi connectivity index (χ1v) is 9.14. The van der Waals surface area contributed by atoms with Crippen LogP contribution in [0.5, 0.6) is 0 Å². The lowest BCUT2D eigenvalue weighted by Gasteiger charge is -2.18. The van der Waals surface area contributed by atoms with Gasteiger partial charge in [0.2, 0.25) is 5.95 Å². The fourth-order valence-corrected chi connectivity index (χ4v) is 2.28. The Morgan fingerprint density at radius 1 is 1.07 bits per heavy atom. The molecule has 29 heavy (non-hydrogen) atoms. The van der Waals surface area contributed by atoms with Crippen molar-refractivity contribution in [2.75, 3.05) is 25.6 Å². The first kappa shape index (κ1) is 28.3. The van der Waals surface area contributed by atoms with Gasteiger partial charge in [-0.05, 0) is 30.2 Å². The second kappa shape index (κ2) is 16.1. The second-order valence-corrected chi connectivity index (χ2v) is 5.81. The molecule has 160 valence electrons. The number of hydrogen-bond acceptors (Lipinski definition) is 6. The zero-order valence-electron chi connectivity index (χ0n) is 18.1. The molecule has 0 spiro atoms. The molecule has 0 saturated heterocycles. The predicted octanol–water partition coefficient (Wildman–Crippen LogP) is 4.13. The van der Waals surface area contributed by atoms with E-state index >= 15 is 0 Å². The van der Waals surface area contributed by atoms with Gasteiger partial charge in [-0.3, -0.25) is 0 Å². The summed E-state index contributed by atoms with van der Waals surface area (Å²) in [6, 6.07) is 6.25. The zero-order valence-corrected chi connectivity index (χ0v) is 18.1. The molecule has 0 aliphatic heterocycles. The molecule has 2 rings (SSSR count). The van der Waals surface area contributed by atoms with Crippen LogP contribution in [0.25, 0.3) is 17.3 Å². The highest BCUT2D eigenvalue weighted by molar-refractivity contribution is 5.74. The van der Waals surface area contributed by atoms with E-state index in [0.29, 0.717) is 5.95 Å². The van der Waals surface area contributed by atoms with Crippen LogP contribution in [0.15, 0.2) is 30.3 Å². The quantitative estimate of drug-likeness (QED) is 0.805. The average Bonchev–Trinajstić information content (AvgIpc) is 2.76. The van der Waals surface area contributed by atoms with E-state index < -0.39 is 0 Å². The molecule has 6 nitrogen and oxygen atoms in total. The largest absolute Gasteiger partial charge is 0.392 e. The summed E-state index contributed by atoms with van der Waals surface area (Å²) in [5.74, 6) is 0.510. The van der Waals surface area contributed by atoms with E-state index in [-0.39, 0.29) is 18.3 Å². The van der Waals surface area contributed by atoms with Crippen LogP contribution in [0.3, 0.4) is 0 Å². The maximum Gasteiger partial charge on any atom is 0.225 e. The third-order valence-electron chi connectivity index (χ3n) is 3.42. The summed E-state index contributed by atoms with van der Waals surface area (Å²) in [6.45, 7) is 12.1. The Balaban J connectivity index is 0. The maximum atomic E-state index is 13.2. The summed E-state index contributed by atoms with van der Waals surface area (Å²) in [6.07, 6.45) is 3.49. The van der Waals surface area contributed by atoms with Gasteiger partial charge < -0.3 is 19.6 Å². The first-order chi connectivity index (χ1) is 13.9. The summed E-state index contributed by atoms with van der Waals surface area (Å²) in [5, 5.41) is 9.11. The number of hydrogen-bond donors (Lipinski definition) is 1. The summed E-state index contributed by atoms with van der Waals surface area (Å²) in [4.78, 5) is 27.1. The van der Waals surface area contributed by atoms with Gasteiger partial charge in [-0.25, -0.2) is 14.4 Å². The van der Waals surface area contributed by atoms with Crippen LogP contribution >= 0.6 is 0 Å². The lowest BCUT2D eigenvalue weighted by Crippen LogP contribution is -2.16. The molecule has 0 fully saturated rings. The number of halogens is 1. The Kier molecular flexibility index (Phi) is 15.7. The number of carbonyl (C=O) groups is 2. The first-order valence-electron chi connectivity index (χ1n) is 9.14. The molecule has 1 N–H and O–H groups in total. The topological polar surface area (TPSA) is 83.4 Å². The highest BCUT2D eigenvalue weighted by Gasteiger charge is 2.17. The summed E-state index contributed by atoms with van der Waals surface area (Å²) >= 11 is 0. The number of aromatic nitrogens is 2. The summed E-state index contributed by atoms with van der Waals surface area (Å²) in [7, 11) is 3.77. The molecule has 0 saturated carbocycles. The van der Waals surface area contributed by atoms with Crippen molar-refractivity contribution in [1.82, 2.24) is 9.97 Å². The molecular formula is C22H32FN3O3. The fourth-order valence-electron chi connectivity index (χ4n) is 2.28. The molecule has 0 aliphatic carbocycles. The predicted molar refractivity (Wildman–Crippen MR) is 118 cm³/mol. The molecule has 0 bridgehead atoms.